The van der Waals surface area contributed by atoms with Gasteiger partial charge in [-0.2, -0.15) is 0 Å². The molecule has 2 aromatic carbocycles. The Balaban J connectivity index is 2.28. The maximum absolute atomic E-state index is 13.2. The van der Waals surface area contributed by atoms with E-state index in [1.807, 2.05) is 60.7 Å². The second kappa shape index (κ2) is 9.43. The van der Waals surface area contributed by atoms with Crippen molar-refractivity contribution in [2.45, 2.75) is 20.5 Å². The van der Waals surface area contributed by atoms with Gasteiger partial charge in [-0.15, -0.1) is 0 Å². The van der Waals surface area contributed by atoms with Crippen LogP contribution >= 0.6 is 7.60 Å². The lowest BCUT2D eigenvalue weighted by molar-refractivity contribution is 0.223. The van der Waals surface area contributed by atoms with Crippen molar-refractivity contribution in [1.29, 1.82) is 0 Å². The van der Waals surface area contributed by atoms with Crippen LogP contribution in [0.15, 0.2) is 66.9 Å². The highest BCUT2D eigenvalue weighted by Crippen LogP contribution is 2.60. The highest BCUT2D eigenvalue weighted by molar-refractivity contribution is 7.65. The highest BCUT2D eigenvalue weighted by Gasteiger charge is 2.31. The Kier molecular flexibility index (Phi) is 7.26. The molecule has 0 atom stereocenters. The number of hydrogen-bond acceptors (Lipinski definition) is 4. The largest absolute Gasteiger partial charge is 0.496 e. The molecule has 0 fully saturated rings. The van der Waals surface area contributed by atoms with Crippen molar-refractivity contribution in [3.63, 3.8) is 0 Å². The van der Waals surface area contributed by atoms with E-state index in [0.29, 0.717) is 25.1 Å². The first-order valence-corrected chi connectivity index (χ1v) is 9.54. The topological polar surface area (TPSA) is 44.8 Å². The fourth-order valence-electron chi connectivity index (χ4n) is 2.21. The van der Waals surface area contributed by atoms with Crippen LogP contribution in [0.5, 0.6) is 0 Å². The van der Waals surface area contributed by atoms with Crippen molar-refractivity contribution in [1.82, 2.24) is 0 Å². The van der Waals surface area contributed by atoms with Gasteiger partial charge < -0.3 is 13.8 Å². The summed E-state index contributed by atoms with van der Waals surface area (Å²) in [6.45, 7) is 4.55. The molecule has 0 aliphatic rings. The van der Waals surface area contributed by atoms with E-state index in [-0.39, 0.29) is 0 Å². The molecule has 2 aromatic rings. The number of hydrogen-bond donors (Lipinski definition) is 0. The second-order valence-electron chi connectivity index (χ2n) is 5.00. The van der Waals surface area contributed by atoms with Gasteiger partial charge >= 0.3 is 7.60 Å². The number of benzene rings is 2. The Bertz CT molecular complexity index is 673. The fourth-order valence-corrected chi connectivity index (χ4v) is 3.91. The maximum Gasteiger partial charge on any atom is 0.365 e. The monoisotopic (exact) mass is 346 g/mol. The Labute approximate surface area is 143 Å². The standard InChI is InChI=1S/C19H23O4P/c1-3-22-24(20,23-4-2)19(18-13-9-6-10-14-18)16-21-15-17-11-7-5-8-12-17/h5-14,16H,3-4,15H2,1-2H3/b19-16+. The fraction of sp³-hybridized carbons (Fsp3) is 0.263. The van der Waals surface area contributed by atoms with Gasteiger partial charge in [-0.1, -0.05) is 60.7 Å². The van der Waals surface area contributed by atoms with Gasteiger partial charge in [0.05, 0.1) is 19.5 Å². The third kappa shape index (κ3) is 5.07. The first-order valence-electron chi connectivity index (χ1n) is 8.00. The van der Waals surface area contributed by atoms with Gasteiger partial charge in [0.25, 0.3) is 0 Å². The van der Waals surface area contributed by atoms with Crippen LogP contribution in [0.1, 0.15) is 25.0 Å². The van der Waals surface area contributed by atoms with Crippen LogP contribution in [0.2, 0.25) is 0 Å². The lowest BCUT2D eigenvalue weighted by atomic mass is 10.2. The molecule has 0 aromatic heterocycles. The van der Waals surface area contributed by atoms with E-state index in [1.165, 1.54) is 6.26 Å². The summed E-state index contributed by atoms with van der Waals surface area (Å²) < 4.78 is 29.8. The van der Waals surface area contributed by atoms with Gasteiger partial charge in [0, 0.05) is 0 Å². The van der Waals surface area contributed by atoms with E-state index in [2.05, 4.69) is 0 Å². The van der Waals surface area contributed by atoms with Crippen molar-refractivity contribution in [2.24, 2.45) is 0 Å². The minimum absolute atomic E-state index is 0.292. The van der Waals surface area contributed by atoms with Crippen molar-refractivity contribution in [2.75, 3.05) is 13.2 Å². The molecule has 0 N–H and O–H groups in total. The average Bonchev–Trinajstić information content (AvgIpc) is 2.61. The summed E-state index contributed by atoms with van der Waals surface area (Å²) in [5.74, 6) is 0. The van der Waals surface area contributed by atoms with E-state index in [4.69, 9.17) is 13.8 Å². The quantitative estimate of drug-likeness (QED) is 0.446. The molecule has 0 amide bonds. The van der Waals surface area contributed by atoms with Gasteiger partial charge in [-0.05, 0) is 25.0 Å². The van der Waals surface area contributed by atoms with Gasteiger partial charge in [0.2, 0.25) is 0 Å². The zero-order valence-corrected chi connectivity index (χ0v) is 14.9. The van der Waals surface area contributed by atoms with Crippen molar-refractivity contribution < 1.29 is 18.3 Å². The predicted octanol–water partition coefficient (Wildman–Crippen LogP) is 5.47. The Morgan fingerprint density at radius 1 is 0.917 bits per heavy atom. The molecule has 0 aliphatic carbocycles. The summed E-state index contributed by atoms with van der Waals surface area (Å²) in [6, 6.07) is 19.2. The zero-order valence-electron chi connectivity index (χ0n) is 14.1. The second-order valence-corrected chi connectivity index (χ2v) is 6.99. The zero-order chi connectivity index (χ0) is 17.3. The normalized spacial score (nSPS) is 12.2. The first-order chi connectivity index (χ1) is 11.7. The van der Waals surface area contributed by atoms with E-state index < -0.39 is 7.60 Å². The smallest absolute Gasteiger partial charge is 0.365 e. The van der Waals surface area contributed by atoms with E-state index in [0.717, 1.165) is 11.1 Å². The Morgan fingerprint density at radius 2 is 1.46 bits per heavy atom. The summed E-state index contributed by atoms with van der Waals surface area (Å²) in [7, 11) is -3.44. The molecule has 0 spiro atoms. The summed E-state index contributed by atoms with van der Waals surface area (Å²) in [4.78, 5) is 0. The van der Waals surface area contributed by atoms with Crippen LogP contribution in [0.4, 0.5) is 0 Å². The predicted molar refractivity (Wildman–Crippen MR) is 96.5 cm³/mol. The van der Waals surface area contributed by atoms with E-state index in [1.54, 1.807) is 13.8 Å². The SMILES string of the molecule is CCOP(=O)(OCC)/C(=C/OCc1ccccc1)c1ccccc1. The van der Waals surface area contributed by atoms with E-state index in [9.17, 15) is 4.57 Å². The van der Waals surface area contributed by atoms with Crippen LogP contribution in [0.3, 0.4) is 0 Å². The summed E-state index contributed by atoms with van der Waals surface area (Å²) in [6.07, 6.45) is 1.49. The molecule has 0 heterocycles. The average molecular weight is 346 g/mol. The third-order valence-electron chi connectivity index (χ3n) is 3.25. The molecule has 0 radical (unpaired) electrons. The van der Waals surface area contributed by atoms with E-state index >= 15 is 0 Å². The molecule has 0 bridgehead atoms. The summed E-state index contributed by atoms with van der Waals surface area (Å²) >= 11 is 0. The van der Waals surface area contributed by atoms with Gasteiger partial charge in [0.15, 0.2) is 0 Å². The first kappa shape index (κ1) is 18.5. The van der Waals surface area contributed by atoms with Crippen molar-refractivity contribution in [3.8, 4) is 0 Å². The van der Waals surface area contributed by atoms with Crippen LogP contribution in [0.25, 0.3) is 5.31 Å². The molecule has 24 heavy (non-hydrogen) atoms. The molecule has 0 aliphatic heterocycles. The highest BCUT2D eigenvalue weighted by atomic mass is 31.2. The van der Waals surface area contributed by atoms with Crippen LogP contribution in [0, 0.1) is 0 Å². The number of rotatable bonds is 9. The molecule has 5 heteroatoms. The lowest BCUT2D eigenvalue weighted by Crippen LogP contribution is -2.00. The molecule has 0 saturated heterocycles. The van der Waals surface area contributed by atoms with Crippen molar-refractivity contribution in [3.05, 3.63) is 78.1 Å². The molecule has 2 rings (SSSR count). The van der Waals surface area contributed by atoms with Gasteiger partial charge in [-0.3, -0.25) is 4.57 Å². The lowest BCUT2D eigenvalue weighted by Gasteiger charge is -2.20. The Hall–Kier alpha value is -1.87. The minimum Gasteiger partial charge on any atom is -0.496 e. The molecule has 0 unspecified atom stereocenters. The van der Waals surface area contributed by atoms with Crippen LogP contribution < -0.4 is 0 Å². The molecule has 128 valence electrons. The summed E-state index contributed by atoms with van der Waals surface area (Å²) in [5, 5.41) is 0.433. The molecule has 4 nitrogen and oxygen atoms in total. The Morgan fingerprint density at radius 3 is 2.00 bits per heavy atom. The number of ether oxygens (including phenoxy) is 1. The van der Waals surface area contributed by atoms with Gasteiger partial charge in [0.1, 0.15) is 11.9 Å². The maximum atomic E-state index is 13.2. The molecular formula is C19H23O4P. The molecule has 0 saturated carbocycles. The van der Waals surface area contributed by atoms with Crippen LogP contribution in [-0.2, 0) is 25.0 Å². The van der Waals surface area contributed by atoms with Gasteiger partial charge in [-0.25, -0.2) is 0 Å². The molecular weight excluding hydrogens is 323 g/mol. The third-order valence-corrected chi connectivity index (χ3v) is 5.40. The van der Waals surface area contributed by atoms with Crippen molar-refractivity contribution >= 4 is 12.9 Å². The summed E-state index contributed by atoms with van der Waals surface area (Å²) in [5.41, 5.74) is 1.79. The van der Waals surface area contributed by atoms with Crippen LogP contribution in [-0.4, -0.2) is 13.2 Å². The minimum atomic E-state index is -3.44.